The van der Waals surface area contributed by atoms with Gasteiger partial charge in [0.25, 0.3) is 0 Å². The highest BCUT2D eigenvalue weighted by Gasteiger charge is 2.20. The third-order valence-electron chi connectivity index (χ3n) is 8.32. The Bertz CT molecular complexity index is 2380. The van der Waals surface area contributed by atoms with Crippen LogP contribution in [0, 0.1) is 0 Å². The fourth-order valence-corrected chi connectivity index (χ4v) is 8.93. The number of hydrogen-bond acceptors (Lipinski definition) is 2. The number of rotatable bonds is 2. The fraction of sp³-hybridized carbons (Fsp3) is 0. The standard InChI is InChI=1S/C38H22S2/c1-2-9-25-22-26(17-16-23(25)8-1)34-27-10-3-5-12-29(27)35(30-13-6-4-11-28(30)34)33-15-7-14-31-32-19-18-24-20-21-39-36(24)38(32)40-37(31)33/h1-22H. The molecule has 2 heteroatoms. The molecule has 0 aliphatic carbocycles. The third-order valence-corrected chi connectivity index (χ3v) is 10.7. The molecule has 9 rings (SSSR count). The van der Waals surface area contributed by atoms with Crippen LogP contribution >= 0.6 is 22.7 Å². The quantitative estimate of drug-likeness (QED) is 0.191. The molecule has 2 heterocycles. The second-order valence-corrected chi connectivity index (χ2v) is 12.4. The highest BCUT2D eigenvalue weighted by atomic mass is 32.1. The first kappa shape index (κ1) is 22.3. The van der Waals surface area contributed by atoms with Gasteiger partial charge in [-0.15, -0.1) is 22.7 Å². The molecule has 0 spiro atoms. The maximum Gasteiger partial charge on any atom is 0.0533 e. The van der Waals surface area contributed by atoms with Gasteiger partial charge in [-0.3, -0.25) is 0 Å². The zero-order chi connectivity index (χ0) is 26.2. The van der Waals surface area contributed by atoms with Crippen molar-refractivity contribution in [3.05, 3.63) is 133 Å². The molecule has 0 radical (unpaired) electrons. The maximum absolute atomic E-state index is 2.35. The van der Waals surface area contributed by atoms with Gasteiger partial charge in [0.05, 0.1) is 9.40 Å². The summed E-state index contributed by atoms with van der Waals surface area (Å²) in [7, 11) is 0. The van der Waals surface area contributed by atoms with E-state index in [-0.39, 0.29) is 0 Å². The normalized spacial score (nSPS) is 12.0. The minimum atomic E-state index is 1.26. The summed E-state index contributed by atoms with van der Waals surface area (Å²) in [4.78, 5) is 0. The van der Waals surface area contributed by atoms with E-state index in [0.29, 0.717) is 0 Å². The Morgan fingerprint density at radius 3 is 1.77 bits per heavy atom. The molecule has 0 N–H and O–H groups in total. The minimum Gasteiger partial charge on any atom is -0.142 e. The van der Waals surface area contributed by atoms with Crippen LogP contribution in [-0.2, 0) is 0 Å². The molecule has 0 amide bonds. The molecule has 40 heavy (non-hydrogen) atoms. The fourth-order valence-electron chi connectivity index (χ4n) is 6.55. The van der Waals surface area contributed by atoms with Crippen LogP contribution in [0.5, 0.6) is 0 Å². The van der Waals surface area contributed by atoms with Crippen molar-refractivity contribution in [1.82, 2.24) is 0 Å². The molecule has 0 atom stereocenters. The molecule has 0 aliphatic heterocycles. The van der Waals surface area contributed by atoms with E-state index < -0.39 is 0 Å². The van der Waals surface area contributed by atoms with Crippen LogP contribution < -0.4 is 0 Å². The van der Waals surface area contributed by atoms with Crippen molar-refractivity contribution in [2.75, 3.05) is 0 Å². The van der Waals surface area contributed by atoms with Crippen molar-refractivity contribution in [3.63, 3.8) is 0 Å². The first-order valence-electron chi connectivity index (χ1n) is 13.6. The summed E-state index contributed by atoms with van der Waals surface area (Å²) in [6.45, 7) is 0. The summed E-state index contributed by atoms with van der Waals surface area (Å²) in [5.41, 5.74) is 5.22. The van der Waals surface area contributed by atoms with Crippen molar-refractivity contribution in [2.45, 2.75) is 0 Å². The van der Waals surface area contributed by atoms with E-state index in [1.54, 1.807) is 0 Å². The first-order chi connectivity index (χ1) is 19.8. The second-order valence-electron chi connectivity index (χ2n) is 10.5. The molecule has 0 unspecified atom stereocenters. The molecule has 186 valence electrons. The Morgan fingerprint density at radius 2 is 1.00 bits per heavy atom. The largest absolute Gasteiger partial charge is 0.142 e. The van der Waals surface area contributed by atoms with Gasteiger partial charge < -0.3 is 0 Å². The highest BCUT2D eigenvalue weighted by molar-refractivity contribution is 7.31. The number of hydrogen-bond donors (Lipinski definition) is 0. The summed E-state index contributed by atoms with van der Waals surface area (Å²) >= 11 is 3.80. The van der Waals surface area contributed by atoms with Gasteiger partial charge in [0.1, 0.15) is 0 Å². The van der Waals surface area contributed by atoms with Crippen LogP contribution in [0.1, 0.15) is 0 Å². The van der Waals surface area contributed by atoms with Crippen LogP contribution in [0.15, 0.2) is 133 Å². The average molecular weight is 543 g/mol. The summed E-state index contributed by atoms with van der Waals surface area (Å²) in [5.74, 6) is 0. The van der Waals surface area contributed by atoms with Gasteiger partial charge in [-0.25, -0.2) is 0 Å². The smallest absolute Gasteiger partial charge is 0.0533 e. The lowest BCUT2D eigenvalue weighted by molar-refractivity contribution is 1.69. The highest BCUT2D eigenvalue weighted by Crippen LogP contribution is 2.49. The number of fused-ring (bicyclic) bond motifs is 8. The average Bonchev–Trinajstić information content (AvgIpc) is 3.64. The van der Waals surface area contributed by atoms with Crippen molar-refractivity contribution >= 4 is 85.2 Å². The van der Waals surface area contributed by atoms with E-state index in [1.165, 1.54) is 84.8 Å². The van der Waals surface area contributed by atoms with Crippen LogP contribution in [0.2, 0.25) is 0 Å². The molecule has 0 fully saturated rings. The molecule has 0 bridgehead atoms. The maximum atomic E-state index is 2.35. The van der Waals surface area contributed by atoms with Crippen molar-refractivity contribution < 1.29 is 0 Å². The lowest BCUT2D eigenvalue weighted by Gasteiger charge is -2.18. The van der Waals surface area contributed by atoms with Gasteiger partial charge in [-0.05, 0) is 71.9 Å². The molecule has 0 aliphatic rings. The van der Waals surface area contributed by atoms with Gasteiger partial charge in [-0.1, -0.05) is 115 Å². The lowest BCUT2D eigenvalue weighted by atomic mass is 9.85. The predicted molar refractivity (Wildman–Crippen MR) is 178 cm³/mol. The summed E-state index contributed by atoms with van der Waals surface area (Å²) in [6, 6.07) is 47.2. The molecule has 9 aromatic rings. The van der Waals surface area contributed by atoms with E-state index in [1.807, 2.05) is 22.7 Å². The Hall–Kier alpha value is -4.50. The molecule has 0 nitrogen and oxygen atoms in total. The summed E-state index contributed by atoms with van der Waals surface area (Å²) in [6.07, 6.45) is 0. The number of benzene rings is 7. The second kappa shape index (κ2) is 8.50. The predicted octanol–water partition coefficient (Wildman–Crippen LogP) is 12.1. The van der Waals surface area contributed by atoms with E-state index in [2.05, 4.69) is 133 Å². The number of thiophene rings is 2. The topological polar surface area (TPSA) is 0 Å². The van der Waals surface area contributed by atoms with Crippen molar-refractivity contribution in [1.29, 1.82) is 0 Å². The zero-order valence-corrected chi connectivity index (χ0v) is 23.2. The Morgan fingerprint density at radius 1 is 0.375 bits per heavy atom. The Labute approximate surface area is 239 Å². The van der Waals surface area contributed by atoms with Crippen LogP contribution in [0.4, 0.5) is 0 Å². The minimum absolute atomic E-state index is 1.26. The van der Waals surface area contributed by atoms with Gasteiger partial charge in [-0.2, -0.15) is 0 Å². The van der Waals surface area contributed by atoms with E-state index >= 15 is 0 Å². The Kier molecular flexibility index (Phi) is 4.74. The molecular formula is C38H22S2. The lowest BCUT2D eigenvalue weighted by Crippen LogP contribution is -1.91. The van der Waals surface area contributed by atoms with Gasteiger partial charge in [0.15, 0.2) is 0 Å². The molecular weight excluding hydrogens is 521 g/mol. The summed E-state index contributed by atoms with van der Waals surface area (Å²) in [5, 5.41) is 14.0. The van der Waals surface area contributed by atoms with Crippen LogP contribution in [0.3, 0.4) is 0 Å². The van der Waals surface area contributed by atoms with E-state index in [4.69, 9.17) is 0 Å². The van der Waals surface area contributed by atoms with Crippen molar-refractivity contribution in [3.8, 4) is 22.3 Å². The van der Waals surface area contributed by atoms with E-state index in [0.717, 1.165) is 0 Å². The Balaban J connectivity index is 1.43. The molecule has 2 aromatic heterocycles. The zero-order valence-electron chi connectivity index (χ0n) is 21.5. The van der Waals surface area contributed by atoms with Gasteiger partial charge in [0, 0.05) is 21.0 Å². The SMILES string of the molecule is c1ccc2cc(-c3c4ccccc4c(-c4cccc5c4sc4c5ccc5ccsc54)c4ccccc34)ccc2c1. The third kappa shape index (κ3) is 3.12. The van der Waals surface area contributed by atoms with Gasteiger partial charge >= 0.3 is 0 Å². The van der Waals surface area contributed by atoms with Crippen molar-refractivity contribution in [2.24, 2.45) is 0 Å². The first-order valence-corrected chi connectivity index (χ1v) is 15.3. The monoisotopic (exact) mass is 542 g/mol. The molecule has 0 saturated heterocycles. The van der Waals surface area contributed by atoms with E-state index in [9.17, 15) is 0 Å². The summed E-state index contributed by atoms with van der Waals surface area (Å²) < 4.78 is 4.16. The van der Waals surface area contributed by atoms with Gasteiger partial charge in [0.2, 0.25) is 0 Å². The van der Waals surface area contributed by atoms with Crippen LogP contribution in [-0.4, -0.2) is 0 Å². The molecule has 0 saturated carbocycles. The van der Waals surface area contributed by atoms with Crippen LogP contribution in [0.25, 0.3) is 84.8 Å². The molecule has 7 aromatic carbocycles.